The van der Waals surface area contributed by atoms with Gasteiger partial charge in [-0.05, 0) is 18.6 Å². The molecule has 0 aromatic heterocycles. The molecule has 0 aliphatic heterocycles. The van der Waals surface area contributed by atoms with Crippen molar-refractivity contribution in [1.29, 1.82) is 0 Å². The Morgan fingerprint density at radius 3 is 2.40 bits per heavy atom. The van der Waals surface area contributed by atoms with E-state index in [-0.39, 0.29) is 0 Å². The van der Waals surface area contributed by atoms with E-state index in [9.17, 15) is 0 Å². The summed E-state index contributed by atoms with van der Waals surface area (Å²) in [5, 5.41) is 9.45. The Morgan fingerprint density at radius 1 is 1.50 bits per heavy atom. The third kappa shape index (κ3) is 3.74. The predicted octanol–water partition coefficient (Wildman–Crippen LogP) is 2.40. The molecule has 0 saturated heterocycles. The molecule has 0 aliphatic rings. The minimum Gasteiger partial charge on any atom is -0.396 e. The second-order valence-electron chi connectivity index (χ2n) is 2.37. The fourth-order valence-corrected chi connectivity index (χ4v) is 3.18. The van der Waals surface area contributed by atoms with E-state index in [1.54, 1.807) is 10.8 Å². The smallest absolute Gasteiger partial charge is 0.0467 e. The van der Waals surface area contributed by atoms with Crippen LogP contribution in [0.2, 0.25) is 0 Å². The highest BCUT2D eigenvalue weighted by atomic mass is 33.1. The van der Waals surface area contributed by atoms with Crippen molar-refractivity contribution in [2.24, 2.45) is 5.92 Å². The van der Waals surface area contributed by atoms with Gasteiger partial charge in [-0.15, -0.1) is 0 Å². The van der Waals surface area contributed by atoms with E-state index >= 15 is 0 Å². The Kier molecular flexibility index (Phi) is 6.80. The molecule has 0 bridgehead atoms. The maximum atomic E-state index is 8.84. The zero-order valence-electron chi connectivity index (χ0n) is 6.83. The Bertz CT molecular complexity index is 78.0. The van der Waals surface area contributed by atoms with E-state index in [1.165, 1.54) is 0 Å². The van der Waals surface area contributed by atoms with Crippen LogP contribution in [0.25, 0.3) is 0 Å². The lowest BCUT2D eigenvalue weighted by molar-refractivity contribution is 0.233. The number of hydrogen-bond donors (Lipinski definition) is 1. The molecule has 0 aromatic rings. The molecule has 0 heterocycles. The van der Waals surface area contributed by atoms with Crippen LogP contribution < -0.4 is 0 Å². The van der Waals surface area contributed by atoms with Gasteiger partial charge in [-0.3, -0.25) is 0 Å². The molecule has 0 saturated carbocycles. The van der Waals surface area contributed by atoms with E-state index in [4.69, 9.17) is 5.11 Å². The monoisotopic (exact) mass is 180 g/mol. The van der Waals surface area contributed by atoms with E-state index in [0.29, 0.717) is 17.8 Å². The summed E-state index contributed by atoms with van der Waals surface area (Å²) in [4.78, 5) is 0. The van der Waals surface area contributed by atoms with Crippen molar-refractivity contribution < 1.29 is 5.11 Å². The van der Waals surface area contributed by atoms with Crippen molar-refractivity contribution in [2.75, 3.05) is 12.9 Å². The highest BCUT2D eigenvalue weighted by Crippen LogP contribution is 2.30. The first-order valence-electron chi connectivity index (χ1n) is 3.56. The van der Waals surface area contributed by atoms with Crippen molar-refractivity contribution >= 4 is 21.6 Å². The summed E-state index contributed by atoms with van der Waals surface area (Å²) in [7, 11) is 3.65. The molecule has 0 spiro atoms. The molecule has 2 unspecified atom stereocenters. The molecule has 0 rings (SSSR count). The lowest BCUT2D eigenvalue weighted by atomic mass is 10.1. The normalized spacial score (nSPS) is 16.8. The van der Waals surface area contributed by atoms with Gasteiger partial charge in [0.05, 0.1) is 0 Å². The molecule has 0 radical (unpaired) electrons. The summed E-state index contributed by atoms with van der Waals surface area (Å²) < 4.78 is 0. The van der Waals surface area contributed by atoms with E-state index < -0.39 is 0 Å². The van der Waals surface area contributed by atoms with Crippen LogP contribution in [0.3, 0.4) is 0 Å². The number of rotatable bonds is 5. The van der Waals surface area contributed by atoms with E-state index in [1.807, 2.05) is 10.8 Å². The summed E-state index contributed by atoms with van der Waals surface area (Å²) in [6.45, 7) is 4.57. The average molecular weight is 180 g/mol. The summed E-state index contributed by atoms with van der Waals surface area (Å²) in [6, 6.07) is 0. The fourth-order valence-electron chi connectivity index (χ4n) is 0.806. The van der Waals surface area contributed by atoms with Crippen LogP contribution in [0.15, 0.2) is 0 Å². The van der Waals surface area contributed by atoms with Crippen LogP contribution in [-0.2, 0) is 0 Å². The molecular formula is C7H16OS2. The summed E-state index contributed by atoms with van der Waals surface area (Å²) in [5.74, 6) is 0.433. The van der Waals surface area contributed by atoms with E-state index in [2.05, 4.69) is 20.1 Å². The molecule has 0 aromatic carbocycles. The van der Waals surface area contributed by atoms with Crippen molar-refractivity contribution in [1.82, 2.24) is 0 Å². The quantitative estimate of drug-likeness (QED) is 0.656. The number of aliphatic hydroxyl groups excluding tert-OH is 1. The Balaban J connectivity index is 3.56. The first-order valence-corrected chi connectivity index (χ1v) is 6.18. The zero-order chi connectivity index (χ0) is 7.98. The predicted molar refractivity (Wildman–Crippen MR) is 51.4 cm³/mol. The van der Waals surface area contributed by atoms with E-state index in [0.717, 1.165) is 6.42 Å². The SMILES string of the molecule is CCC(SSC)C(C)CO. The molecule has 1 nitrogen and oxygen atoms in total. The van der Waals surface area contributed by atoms with Crippen LogP contribution in [0, 0.1) is 5.92 Å². The van der Waals surface area contributed by atoms with Crippen LogP contribution in [0.1, 0.15) is 20.3 Å². The maximum Gasteiger partial charge on any atom is 0.0467 e. The molecule has 62 valence electrons. The van der Waals surface area contributed by atoms with Crippen LogP contribution >= 0.6 is 21.6 Å². The average Bonchev–Trinajstić information content (AvgIpc) is 1.99. The van der Waals surface area contributed by atoms with Gasteiger partial charge in [-0.1, -0.05) is 35.4 Å². The minimum absolute atomic E-state index is 0.312. The molecule has 3 heteroatoms. The van der Waals surface area contributed by atoms with Gasteiger partial charge < -0.3 is 5.11 Å². The Labute approximate surface area is 71.4 Å². The molecule has 0 amide bonds. The van der Waals surface area contributed by atoms with Gasteiger partial charge >= 0.3 is 0 Å². The second-order valence-corrected chi connectivity index (χ2v) is 5.08. The van der Waals surface area contributed by atoms with Gasteiger partial charge in [-0.2, -0.15) is 0 Å². The molecule has 2 atom stereocenters. The summed E-state index contributed by atoms with van der Waals surface area (Å²) in [5.41, 5.74) is 0. The van der Waals surface area contributed by atoms with Gasteiger partial charge in [0.15, 0.2) is 0 Å². The van der Waals surface area contributed by atoms with Crippen molar-refractivity contribution in [3.05, 3.63) is 0 Å². The number of hydrogen-bond acceptors (Lipinski definition) is 3. The van der Waals surface area contributed by atoms with Gasteiger partial charge in [-0.25, -0.2) is 0 Å². The maximum absolute atomic E-state index is 8.84. The molecule has 0 aliphatic carbocycles. The topological polar surface area (TPSA) is 20.2 Å². The summed E-state index contributed by atoms with van der Waals surface area (Å²) >= 11 is 0. The lowest BCUT2D eigenvalue weighted by Gasteiger charge is -2.18. The molecule has 1 N–H and O–H groups in total. The van der Waals surface area contributed by atoms with Crippen molar-refractivity contribution in [2.45, 2.75) is 25.5 Å². The first-order chi connectivity index (χ1) is 4.76. The highest BCUT2D eigenvalue weighted by molar-refractivity contribution is 8.76. The van der Waals surface area contributed by atoms with Crippen LogP contribution in [0.5, 0.6) is 0 Å². The standard InChI is InChI=1S/C7H16OS2/c1-4-7(10-9-3)6(2)5-8/h6-8H,4-5H2,1-3H3. The molecule has 10 heavy (non-hydrogen) atoms. The highest BCUT2D eigenvalue weighted by Gasteiger charge is 2.13. The van der Waals surface area contributed by atoms with Gasteiger partial charge in [0.1, 0.15) is 0 Å². The largest absolute Gasteiger partial charge is 0.396 e. The number of aliphatic hydroxyl groups is 1. The van der Waals surface area contributed by atoms with Crippen molar-refractivity contribution in [3.63, 3.8) is 0 Å². The third-order valence-electron chi connectivity index (χ3n) is 1.54. The summed E-state index contributed by atoms with van der Waals surface area (Å²) in [6.07, 6.45) is 3.23. The lowest BCUT2D eigenvalue weighted by Crippen LogP contribution is -2.15. The third-order valence-corrected chi connectivity index (χ3v) is 4.10. The molecule has 0 fully saturated rings. The fraction of sp³-hybridized carbons (Fsp3) is 1.00. The van der Waals surface area contributed by atoms with Crippen molar-refractivity contribution in [3.8, 4) is 0 Å². The van der Waals surface area contributed by atoms with Gasteiger partial charge in [0.25, 0.3) is 0 Å². The Hall–Kier alpha value is 0.660. The van der Waals surface area contributed by atoms with Crippen LogP contribution in [0.4, 0.5) is 0 Å². The second kappa shape index (κ2) is 6.38. The first kappa shape index (κ1) is 10.7. The molecular weight excluding hydrogens is 164 g/mol. The zero-order valence-corrected chi connectivity index (χ0v) is 8.47. The minimum atomic E-state index is 0.312. The van der Waals surface area contributed by atoms with Gasteiger partial charge in [0, 0.05) is 11.9 Å². The Morgan fingerprint density at radius 2 is 2.10 bits per heavy atom. The van der Waals surface area contributed by atoms with Crippen LogP contribution in [-0.4, -0.2) is 23.2 Å². The van der Waals surface area contributed by atoms with Gasteiger partial charge in [0.2, 0.25) is 0 Å².